The molecule has 1 unspecified atom stereocenters. The van der Waals surface area contributed by atoms with E-state index in [-0.39, 0.29) is 23.9 Å². The monoisotopic (exact) mass is 193 g/mol. The molecule has 0 spiro atoms. The van der Waals surface area contributed by atoms with Gasteiger partial charge >= 0.3 is 5.97 Å². The number of nitrogens with two attached hydrogens (primary N) is 1. The van der Waals surface area contributed by atoms with Gasteiger partial charge in [0, 0.05) is 5.54 Å². The normalized spacial score (nSPS) is 20.6. The van der Waals surface area contributed by atoms with E-state index in [9.17, 15) is 4.79 Å². The number of esters is 1. The van der Waals surface area contributed by atoms with Gasteiger partial charge in [0.2, 0.25) is 0 Å². The predicted molar refractivity (Wildman–Crippen MR) is 49.2 cm³/mol. The predicted octanol–water partition coefficient (Wildman–Crippen LogP) is 1.10. The van der Waals surface area contributed by atoms with Crippen molar-refractivity contribution >= 4 is 18.4 Å². The van der Waals surface area contributed by atoms with Crippen molar-refractivity contribution in [2.75, 3.05) is 7.11 Å². The third-order valence-electron chi connectivity index (χ3n) is 2.26. The lowest BCUT2D eigenvalue weighted by Crippen LogP contribution is -2.41. The van der Waals surface area contributed by atoms with E-state index >= 15 is 0 Å². The van der Waals surface area contributed by atoms with E-state index < -0.39 is 0 Å². The van der Waals surface area contributed by atoms with Crippen LogP contribution in [0.25, 0.3) is 0 Å². The Balaban J connectivity index is 0.00000121. The van der Waals surface area contributed by atoms with Crippen molar-refractivity contribution in [1.29, 1.82) is 0 Å². The quantitative estimate of drug-likeness (QED) is 0.683. The summed E-state index contributed by atoms with van der Waals surface area (Å²) in [5.41, 5.74) is 5.56. The number of carbonyl (C=O) groups is 1. The summed E-state index contributed by atoms with van der Waals surface area (Å²) in [7, 11) is 1.39. The summed E-state index contributed by atoms with van der Waals surface area (Å²) in [5.74, 6) is 0.323. The van der Waals surface area contributed by atoms with E-state index in [1.54, 1.807) is 0 Å². The van der Waals surface area contributed by atoms with E-state index in [1.807, 2.05) is 6.92 Å². The number of hydrogen-bond acceptors (Lipinski definition) is 3. The minimum absolute atomic E-state index is 0. The highest BCUT2D eigenvalue weighted by atomic mass is 35.5. The molecular formula is C8H16ClNO2. The molecule has 0 heterocycles. The van der Waals surface area contributed by atoms with Gasteiger partial charge in [-0.05, 0) is 25.7 Å². The van der Waals surface area contributed by atoms with Crippen molar-refractivity contribution in [1.82, 2.24) is 0 Å². The van der Waals surface area contributed by atoms with Gasteiger partial charge in [0.15, 0.2) is 0 Å². The van der Waals surface area contributed by atoms with Gasteiger partial charge in [-0.1, -0.05) is 0 Å². The van der Waals surface area contributed by atoms with Crippen molar-refractivity contribution in [2.24, 2.45) is 11.7 Å². The molecule has 1 fully saturated rings. The molecule has 0 aliphatic heterocycles. The van der Waals surface area contributed by atoms with Crippen LogP contribution < -0.4 is 5.73 Å². The van der Waals surface area contributed by atoms with Gasteiger partial charge in [-0.15, -0.1) is 12.4 Å². The van der Waals surface area contributed by atoms with Crippen LogP contribution in [0.3, 0.4) is 0 Å². The van der Waals surface area contributed by atoms with E-state index in [0.29, 0.717) is 12.3 Å². The smallest absolute Gasteiger partial charge is 0.307 e. The van der Waals surface area contributed by atoms with Gasteiger partial charge in [-0.25, -0.2) is 0 Å². The van der Waals surface area contributed by atoms with E-state index in [4.69, 9.17) is 5.73 Å². The lowest BCUT2D eigenvalue weighted by atomic mass is 9.93. The maximum atomic E-state index is 10.9. The summed E-state index contributed by atoms with van der Waals surface area (Å²) in [6, 6.07) is 0. The summed E-state index contributed by atoms with van der Waals surface area (Å²) >= 11 is 0. The largest absolute Gasteiger partial charge is 0.469 e. The molecule has 12 heavy (non-hydrogen) atoms. The summed E-state index contributed by atoms with van der Waals surface area (Å²) < 4.78 is 4.55. The fourth-order valence-electron chi connectivity index (χ4n) is 1.27. The minimum atomic E-state index is -0.340. The van der Waals surface area contributed by atoms with E-state index in [2.05, 4.69) is 4.74 Å². The Bertz CT molecular complexity index is 166. The van der Waals surface area contributed by atoms with Crippen molar-refractivity contribution in [3.8, 4) is 0 Å². The maximum absolute atomic E-state index is 10.9. The number of methoxy groups -OCH3 is 1. The van der Waals surface area contributed by atoms with E-state index in [1.165, 1.54) is 7.11 Å². The molecule has 1 rings (SSSR count). The lowest BCUT2D eigenvalue weighted by Gasteiger charge is -2.22. The molecule has 0 aromatic heterocycles. The fourth-order valence-corrected chi connectivity index (χ4v) is 1.27. The second-order valence-corrected chi connectivity index (χ2v) is 3.53. The molecule has 1 aliphatic carbocycles. The van der Waals surface area contributed by atoms with Gasteiger partial charge in [0.1, 0.15) is 0 Å². The zero-order valence-electron chi connectivity index (χ0n) is 7.50. The Morgan fingerprint density at radius 1 is 1.67 bits per heavy atom. The Morgan fingerprint density at radius 2 is 2.17 bits per heavy atom. The van der Waals surface area contributed by atoms with Crippen molar-refractivity contribution < 1.29 is 9.53 Å². The van der Waals surface area contributed by atoms with Gasteiger partial charge in [-0.2, -0.15) is 0 Å². The van der Waals surface area contributed by atoms with Crippen LogP contribution in [0.5, 0.6) is 0 Å². The van der Waals surface area contributed by atoms with Crippen molar-refractivity contribution in [3.63, 3.8) is 0 Å². The topological polar surface area (TPSA) is 52.3 Å². The maximum Gasteiger partial charge on any atom is 0.307 e. The van der Waals surface area contributed by atoms with Crippen LogP contribution in [0.15, 0.2) is 0 Å². The van der Waals surface area contributed by atoms with Crippen LogP contribution in [-0.4, -0.2) is 18.6 Å². The zero-order chi connectivity index (χ0) is 8.48. The summed E-state index contributed by atoms with van der Waals surface area (Å²) in [6.45, 7) is 1.92. The number of hydrogen-bond donors (Lipinski definition) is 1. The Kier molecular flexibility index (Phi) is 4.00. The molecule has 0 amide bonds. The minimum Gasteiger partial charge on any atom is -0.469 e. The molecule has 3 nitrogen and oxygen atoms in total. The molecule has 0 bridgehead atoms. The molecule has 1 atom stereocenters. The second-order valence-electron chi connectivity index (χ2n) is 3.53. The Morgan fingerprint density at radius 3 is 2.50 bits per heavy atom. The molecule has 2 N–H and O–H groups in total. The van der Waals surface area contributed by atoms with Crippen LogP contribution >= 0.6 is 12.4 Å². The molecule has 4 heteroatoms. The number of halogens is 1. The average Bonchev–Trinajstić information content (AvgIpc) is 2.66. The third kappa shape index (κ3) is 2.99. The molecule has 0 radical (unpaired) electrons. The van der Waals surface area contributed by atoms with Crippen molar-refractivity contribution in [3.05, 3.63) is 0 Å². The molecule has 1 saturated carbocycles. The lowest BCUT2D eigenvalue weighted by molar-refractivity contribution is -0.142. The number of rotatable bonds is 3. The number of ether oxygens (including phenoxy) is 1. The third-order valence-corrected chi connectivity index (χ3v) is 2.26. The van der Waals surface area contributed by atoms with Crippen LogP contribution in [0.4, 0.5) is 0 Å². The SMILES string of the molecule is COC(=O)CC(C)(N)C1CC1.Cl. The first-order valence-electron chi connectivity index (χ1n) is 3.92. The fraction of sp³-hybridized carbons (Fsp3) is 0.875. The summed E-state index contributed by atoms with van der Waals surface area (Å²) in [5, 5.41) is 0. The van der Waals surface area contributed by atoms with Gasteiger partial charge < -0.3 is 10.5 Å². The zero-order valence-corrected chi connectivity index (χ0v) is 8.32. The first kappa shape index (κ1) is 11.7. The summed E-state index contributed by atoms with van der Waals surface area (Å²) in [6.07, 6.45) is 2.65. The first-order valence-corrected chi connectivity index (χ1v) is 3.92. The van der Waals surface area contributed by atoms with Crippen LogP contribution in [0, 0.1) is 5.92 Å². The van der Waals surface area contributed by atoms with Crippen LogP contribution in [0.2, 0.25) is 0 Å². The molecule has 0 saturated heterocycles. The van der Waals surface area contributed by atoms with E-state index in [0.717, 1.165) is 12.8 Å². The molecule has 0 aromatic rings. The van der Waals surface area contributed by atoms with Gasteiger partial charge in [0.05, 0.1) is 13.5 Å². The second kappa shape index (κ2) is 4.10. The summed E-state index contributed by atoms with van der Waals surface area (Å²) in [4.78, 5) is 10.9. The highest BCUT2D eigenvalue weighted by Crippen LogP contribution is 2.39. The molecule has 0 aromatic carbocycles. The van der Waals surface area contributed by atoms with Gasteiger partial charge in [0.25, 0.3) is 0 Å². The number of carbonyl (C=O) groups excluding carboxylic acids is 1. The van der Waals surface area contributed by atoms with Gasteiger partial charge in [-0.3, -0.25) is 4.79 Å². The Labute approximate surface area is 79.1 Å². The molecule has 1 aliphatic rings. The average molecular weight is 194 g/mol. The van der Waals surface area contributed by atoms with Crippen LogP contribution in [-0.2, 0) is 9.53 Å². The Hall–Kier alpha value is -0.280. The first-order chi connectivity index (χ1) is 5.06. The van der Waals surface area contributed by atoms with Crippen molar-refractivity contribution in [2.45, 2.75) is 31.7 Å². The highest BCUT2D eigenvalue weighted by Gasteiger charge is 2.39. The highest BCUT2D eigenvalue weighted by molar-refractivity contribution is 5.85. The molecule has 72 valence electrons. The molecular weight excluding hydrogens is 178 g/mol. The standard InChI is InChI=1S/C8H15NO2.ClH/c1-8(9,6-3-4-6)5-7(10)11-2;/h6H,3-5,9H2,1-2H3;1H. The van der Waals surface area contributed by atoms with Crippen LogP contribution in [0.1, 0.15) is 26.2 Å².